The van der Waals surface area contributed by atoms with E-state index in [2.05, 4.69) is 42.5 Å². The summed E-state index contributed by atoms with van der Waals surface area (Å²) in [4.78, 5) is 0. The molecule has 1 heteroatoms. The molecule has 0 aliphatic carbocycles. The largest absolute Gasteiger partial charge is 0.198 e. The zero-order valence-corrected chi connectivity index (χ0v) is 8.32. The molecule has 0 saturated heterocycles. The van der Waals surface area contributed by atoms with E-state index in [9.17, 15) is 0 Å². The van der Waals surface area contributed by atoms with Crippen molar-refractivity contribution in [3.05, 3.63) is 48.0 Å². The molecular formula is C13H15N. The SMILES string of the molecule is N#CCCC/C=C/Cc1ccccc1. The summed E-state index contributed by atoms with van der Waals surface area (Å²) < 4.78 is 0. The highest BCUT2D eigenvalue weighted by atomic mass is 14.2. The minimum Gasteiger partial charge on any atom is -0.198 e. The monoisotopic (exact) mass is 185 g/mol. The Labute approximate surface area is 85.7 Å². The molecule has 0 radical (unpaired) electrons. The molecule has 0 spiro atoms. The van der Waals surface area contributed by atoms with Crippen molar-refractivity contribution < 1.29 is 0 Å². The zero-order chi connectivity index (χ0) is 10.1. The molecule has 0 N–H and O–H groups in total. The smallest absolute Gasteiger partial charge is 0.0621 e. The first-order valence-corrected chi connectivity index (χ1v) is 4.99. The summed E-state index contributed by atoms with van der Waals surface area (Å²) in [5, 5.41) is 8.33. The molecule has 0 aliphatic rings. The number of unbranched alkanes of at least 4 members (excludes halogenated alkanes) is 2. The summed E-state index contributed by atoms with van der Waals surface area (Å²) in [6, 6.07) is 12.5. The van der Waals surface area contributed by atoms with Crippen LogP contribution >= 0.6 is 0 Å². The van der Waals surface area contributed by atoms with Crippen LogP contribution in [-0.2, 0) is 6.42 Å². The summed E-state index contributed by atoms with van der Waals surface area (Å²) in [5.41, 5.74) is 1.34. The molecule has 72 valence electrons. The molecule has 0 unspecified atom stereocenters. The number of rotatable bonds is 5. The second-order valence-corrected chi connectivity index (χ2v) is 3.21. The van der Waals surface area contributed by atoms with Crippen molar-refractivity contribution in [2.45, 2.75) is 25.7 Å². The molecule has 0 bridgehead atoms. The molecule has 14 heavy (non-hydrogen) atoms. The van der Waals surface area contributed by atoms with Crippen molar-refractivity contribution in [2.24, 2.45) is 0 Å². The topological polar surface area (TPSA) is 23.8 Å². The van der Waals surface area contributed by atoms with Crippen LogP contribution in [0, 0.1) is 11.3 Å². The van der Waals surface area contributed by atoms with Crippen LogP contribution in [0.25, 0.3) is 0 Å². The van der Waals surface area contributed by atoms with E-state index in [1.807, 2.05) is 6.07 Å². The van der Waals surface area contributed by atoms with Crippen molar-refractivity contribution in [2.75, 3.05) is 0 Å². The van der Waals surface area contributed by atoms with E-state index in [0.717, 1.165) is 19.3 Å². The van der Waals surface area contributed by atoms with E-state index in [1.54, 1.807) is 0 Å². The Morgan fingerprint density at radius 1 is 1.14 bits per heavy atom. The lowest BCUT2D eigenvalue weighted by Crippen LogP contribution is -1.78. The van der Waals surface area contributed by atoms with Crippen LogP contribution in [-0.4, -0.2) is 0 Å². The molecule has 1 nitrogen and oxygen atoms in total. The minimum absolute atomic E-state index is 0.662. The maximum atomic E-state index is 8.33. The Balaban J connectivity index is 2.18. The standard InChI is InChI=1S/C13H15N/c14-12-8-3-1-2-5-9-13-10-6-4-7-11-13/h2,4-7,10-11H,1,3,8-9H2/b5-2+. The predicted molar refractivity (Wildman–Crippen MR) is 58.8 cm³/mol. The zero-order valence-electron chi connectivity index (χ0n) is 8.32. The van der Waals surface area contributed by atoms with Crippen LogP contribution in [0.2, 0.25) is 0 Å². The lowest BCUT2D eigenvalue weighted by Gasteiger charge is -1.93. The number of hydrogen-bond donors (Lipinski definition) is 0. The Morgan fingerprint density at radius 3 is 2.64 bits per heavy atom. The normalized spacial score (nSPS) is 10.2. The first-order valence-electron chi connectivity index (χ1n) is 4.99. The molecule has 0 fully saturated rings. The lowest BCUT2D eigenvalue weighted by atomic mass is 10.1. The molecular weight excluding hydrogens is 170 g/mol. The van der Waals surface area contributed by atoms with Gasteiger partial charge in [-0.2, -0.15) is 5.26 Å². The number of allylic oxidation sites excluding steroid dienone is 2. The summed E-state index contributed by atoms with van der Waals surface area (Å²) in [6.07, 6.45) is 7.97. The van der Waals surface area contributed by atoms with Gasteiger partial charge < -0.3 is 0 Å². The molecule has 1 aromatic carbocycles. The van der Waals surface area contributed by atoms with Gasteiger partial charge in [0.05, 0.1) is 6.07 Å². The van der Waals surface area contributed by atoms with E-state index in [-0.39, 0.29) is 0 Å². The highest BCUT2D eigenvalue weighted by Crippen LogP contribution is 2.01. The van der Waals surface area contributed by atoms with E-state index < -0.39 is 0 Å². The molecule has 0 saturated carbocycles. The molecule has 0 amide bonds. The molecule has 0 aliphatic heterocycles. The lowest BCUT2D eigenvalue weighted by molar-refractivity contribution is 0.874. The van der Waals surface area contributed by atoms with Crippen LogP contribution in [0.4, 0.5) is 0 Å². The minimum atomic E-state index is 0.662. The fraction of sp³-hybridized carbons (Fsp3) is 0.308. The Morgan fingerprint density at radius 2 is 1.93 bits per heavy atom. The van der Waals surface area contributed by atoms with E-state index in [1.165, 1.54) is 5.56 Å². The fourth-order valence-corrected chi connectivity index (χ4v) is 1.25. The molecule has 1 aromatic rings. The quantitative estimate of drug-likeness (QED) is 0.509. The van der Waals surface area contributed by atoms with Crippen LogP contribution in [0.1, 0.15) is 24.8 Å². The van der Waals surface area contributed by atoms with Gasteiger partial charge in [-0.25, -0.2) is 0 Å². The van der Waals surface area contributed by atoms with Gasteiger partial charge in [0.1, 0.15) is 0 Å². The van der Waals surface area contributed by atoms with Crippen molar-refractivity contribution in [1.82, 2.24) is 0 Å². The molecule has 0 atom stereocenters. The van der Waals surface area contributed by atoms with Crippen LogP contribution in [0.5, 0.6) is 0 Å². The van der Waals surface area contributed by atoms with E-state index >= 15 is 0 Å². The van der Waals surface area contributed by atoms with Crippen LogP contribution < -0.4 is 0 Å². The fourth-order valence-electron chi connectivity index (χ4n) is 1.25. The van der Waals surface area contributed by atoms with Crippen molar-refractivity contribution in [1.29, 1.82) is 5.26 Å². The van der Waals surface area contributed by atoms with Gasteiger partial charge >= 0.3 is 0 Å². The summed E-state index contributed by atoms with van der Waals surface area (Å²) in [5.74, 6) is 0. The third-order valence-corrected chi connectivity index (χ3v) is 2.02. The number of nitriles is 1. The highest BCUT2D eigenvalue weighted by Gasteiger charge is 1.85. The first-order chi connectivity index (χ1) is 6.93. The average molecular weight is 185 g/mol. The summed E-state index contributed by atoms with van der Waals surface area (Å²) in [6.45, 7) is 0. The van der Waals surface area contributed by atoms with Gasteiger partial charge in [0.15, 0.2) is 0 Å². The Kier molecular flexibility index (Phi) is 5.20. The summed E-state index contributed by atoms with van der Waals surface area (Å²) >= 11 is 0. The van der Waals surface area contributed by atoms with Gasteiger partial charge in [0.2, 0.25) is 0 Å². The maximum Gasteiger partial charge on any atom is 0.0621 e. The van der Waals surface area contributed by atoms with Gasteiger partial charge in [-0.15, -0.1) is 0 Å². The van der Waals surface area contributed by atoms with Gasteiger partial charge in [0.25, 0.3) is 0 Å². The summed E-state index contributed by atoms with van der Waals surface area (Å²) in [7, 11) is 0. The third kappa shape index (κ3) is 4.47. The Bertz CT molecular complexity index is 306. The van der Waals surface area contributed by atoms with Crippen molar-refractivity contribution in [3.63, 3.8) is 0 Å². The van der Waals surface area contributed by atoms with E-state index in [0.29, 0.717) is 6.42 Å². The second kappa shape index (κ2) is 6.91. The molecule has 1 rings (SSSR count). The average Bonchev–Trinajstić information content (AvgIpc) is 2.25. The molecule has 0 heterocycles. The van der Waals surface area contributed by atoms with Gasteiger partial charge in [-0.05, 0) is 24.8 Å². The van der Waals surface area contributed by atoms with Crippen LogP contribution in [0.15, 0.2) is 42.5 Å². The number of hydrogen-bond acceptors (Lipinski definition) is 1. The predicted octanol–water partition coefficient (Wildman–Crippen LogP) is 3.48. The number of nitrogens with zero attached hydrogens (tertiary/aromatic N) is 1. The van der Waals surface area contributed by atoms with Crippen molar-refractivity contribution in [3.8, 4) is 6.07 Å². The number of benzene rings is 1. The second-order valence-electron chi connectivity index (χ2n) is 3.21. The highest BCUT2D eigenvalue weighted by molar-refractivity contribution is 5.17. The maximum absolute atomic E-state index is 8.33. The Hall–Kier alpha value is -1.55. The van der Waals surface area contributed by atoms with Gasteiger partial charge in [0, 0.05) is 6.42 Å². The van der Waals surface area contributed by atoms with Gasteiger partial charge in [-0.3, -0.25) is 0 Å². The first kappa shape index (κ1) is 10.5. The molecule has 0 aromatic heterocycles. The van der Waals surface area contributed by atoms with Gasteiger partial charge in [-0.1, -0.05) is 42.5 Å². The van der Waals surface area contributed by atoms with Crippen molar-refractivity contribution >= 4 is 0 Å². The van der Waals surface area contributed by atoms with E-state index in [4.69, 9.17) is 5.26 Å². The third-order valence-electron chi connectivity index (χ3n) is 2.02. The van der Waals surface area contributed by atoms with Crippen LogP contribution in [0.3, 0.4) is 0 Å².